The molecule has 1 aromatic rings. The van der Waals surface area contributed by atoms with Gasteiger partial charge in [-0.05, 0) is 38.0 Å². The molecule has 1 amide bonds. The van der Waals surface area contributed by atoms with E-state index in [2.05, 4.69) is 22.0 Å². The summed E-state index contributed by atoms with van der Waals surface area (Å²) in [5, 5.41) is 3.24. The van der Waals surface area contributed by atoms with Crippen molar-refractivity contribution in [3.8, 4) is 0 Å². The van der Waals surface area contributed by atoms with E-state index < -0.39 is 0 Å². The predicted molar refractivity (Wildman–Crippen MR) is 118 cm³/mol. The molecule has 0 aromatic carbocycles. The Morgan fingerprint density at radius 2 is 1.84 bits per heavy atom. The van der Waals surface area contributed by atoms with Crippen LogP contribution in [0.4, 0.5) is 6.01 Å². The summed E-state index contributed by atoms with van der Waals surface area (Å²) in [5.74, 6) is 2.22. The van der Waals surface area contributed by atoms with Crippen molar-refractivity contribution in [3.63, 3.8) is 0 Å². The van der Waals surface area contributed by atoms with Crippen LogP contribution in [0.3, 0.4) is 0 Å². The van der Waals surface area contributed by atoms with E-state index in [0.29, 0.717) is 31.1 Å². The van der Waals surface area contributed by atoms with Gasteiger partial charge in [-0.25, -0.2) is 0 Å². The Labute approximate surface area is 185 Å². The number of carbonyl (C=O) groups is 1. The Bertz CT molecular complexity index is 712. The van der Waals surface area contributed by atoms with Crippen molar-refractivity contribution < 1.29 is 18.7 Å². The lowest BCUT2D eigenvalue weighted by atomic mass is 9.86. The molecule has 0 saturated carbocycles. The first-order valence-corrected chi connectivity index (χ1v) is 12.0. The minimum atomic E-state index is 0.0458. The number of aromatic nitrogens is 1. The molecule has 8 nitrogen and oxygen atoms in total. The average Bonchev–Trinajstić information content (AvgIpc) is 3.18. The summed E-state index contributed by atoms with van der Waals surface area (Å²) in [4.78, 5) is 22.3. The van der Waals surface area contributed by atoms with Crippen LogP contribution >= 0.6 is 0 Å². The summed E-state index contributed by atoms with van der Waals surface area (Å²) in [6.07, 6.45) is 4.16. The Morgan fingerprint density at radius 3 is 2.58 bits per heavy atom. The van der Waals surface area contributed by atoms with E-state index in [-0.39, 0.29) is 11.8 Å². The number of oxazole rings is 1. The molecule has 1 aromatic heterocycles. The Morgan fingerprint density at radius 1 is 1.10 bits per heavy atom. The van der Waals surface area contributed by atoms with Crippen molar-refractivity contribution >= 4 is 11.9 Å². The second-order valence-corrected chi connectivity index (χ2v) is 9.30. The molecule has 174 valence electrons. The molecule has 4 heterocycles. The molecule has 1 N–H and O–H groups in total. The minimum Gasteiger partial charge on any atom is -0.429 e. The normalized spacial score (nSPS) is 26.2. The first-order chi connectivity index (χ1) is 15.1. The number of aryl methyl sites for hydroxylation is 1. The summed E-state index contributed by atoms with van der Waals surface area (Å²) >= 11 is 0. The number of likely N-dealkylation sites (tertiary alicyclic amines) is 1. The van der Waals surface area contributed by atoms with Gasteiger partial charge in [-0.3, -0.25) is 9.69 Å². The summed E-state index contributed by atoms with van der Waals surface area (Å²) in [5.41, 5.74) is 0.986. The van der Waals surface area contributed by atoms with Crippen LogP contribution in [0.15, 0.2) is 4.42 Å². The minimum absolute atomic E-state index is 0.0458. The number of piperidine rings is 1. The zero-order valence-electron chi connectivity index (χ0n) is 19.1. The van der Waals surface area contributed by atoms with E-state index in [0.717, 1.165) is 89.6 Å². The molecule has 0 spiro atoms. The molecule has 4 rings (SSSR count). The van der Waals surface area contributed by atoms with Gasteiger partial charge in [-0.2, -0.15) is 4.98 Å². The maximum Gasteiger partial charge on any atom is 0.297 e. The quantitative estimate of drug-likeness (QED) is 0.705. The predicted octanol–water partition coefficient (Wildman–Crippen LogP) is 2.21. The van der Waals surface area contributed by atoms with Gasteiger partial charge >= 0.3 is 0 Å². The molecule has 2 atom stereocenters. The van der Waals surface area contributed by atoms with Gasteiger partial charge in [-0.15, -0.1) is 0 Å². The van der Waals surface area contributed by atoms with Crippen LogP contribution < -0.4 is 10.2 Å². The van der Waals surface area contributed by atoms with Gasteiger partial charge in [0.15, 0.2) is 0 Å². The summed E-state index contributed by atoms with van der Waals surface area (Å²) < 4.78 is 16.8. The van der Waals surface area contributed by atoms with Crippen LogP contribution in [0.1, 0.15) is 44.1 Å². The molecule has 0 radical (unpaired) electrons. The van der Waals surface area contributed by atoms with Gasteiger partial charge in [0.25, 0.3) is 6.01 Å². The van der Waals surface area contributed by atoms with Crippen LogP contribution in [-0.4, -0.2) is 74.9 Å². The number of carbonyl (C=O) groups excluding carboxylic acids is 1. The Hall–Kier alpha value is -1.64. The van der Waals surface area contributed by atoms with Crippen LogP contribution in [0.2, 0.25) is 0 Å². The number of nitrogens with zero attached hydrogens (tertiary/aromatic N) is 3. The second-order valence-electron chi connectivity index (χ2n) is 9.30. The van der Waals surface area contributed by atoms with Crippen LogP contribution in [-0.2, 0) is 20.8 Å². The maximum absolute atomic E-state index is 13.0. The molecule has 0 unspecified atom stereocenters. The van der Waals surface area contributed by atoms with Crippen molar-refractivity contribution in [1.29, 1.82) is 0 Å². The molecule has 0 bridgehead atoms. The highest BCUT2D eigenvalue weighted by Crippen LogP contribution is 2.28. The van der Waals surface area contributed by atoms with Crippen molar-refractivity contribution in [2.24, 2.45) is 17.8 Å². The molecule has 3 aliphatic heterocycles. The summed E-state index contributed by atoms with van der Waals surface area (Å²) in [6, 6.07) is 0.700. The van der Waals surface area contributed by atoms with E-state index in [4.69, 9.17) is 18.9 Å². The van der Waals surface area contributed by atoms with Gasteiger partial charge in [0.2, 0.25) is 5.91 Å². The van der Waals surface area contributed by atoms with E-state index in [1.807, 2.05) is 6.92 Å². The van der Waals surface area contributed by atoms with Crippen molar-refractivity contribution in [2.75, 3.05) is 64.1 Å². The number of morpholine rings is 1. The third-order valence-electron chi connectivity index (χ3n) is 7.00. The molecule has 3 aliphatic rings. The highest BCUT2D eigenvalue weighted by molar-refractivity contribution is 5.79. The Balaban J connectivity index is 1.34. The summed E-state index contributed by atoms with van der Waals surface area (Å²) in [6.45, 7) is 12.2. The number of amides is 1. The van der Waals surface area contributed by atoms with Gasteiger partial charge in [0.05, 0.1) is 24.8 Å². The number of ether oxygens (including phenoxy) is 2. The lowest BCUT2D eigenvalue weighted by molar-refractivity contribution is -0.128. The Kier molecular flexibility index (Phi) is 7.85. The van der Waals surface area contributed by atoms with Crippen LogP contribution in [0.25, 0.3) is 0 Å². The number of nitrogens with one attached hydrogen (secondary N) is 1. The topological polar surface area (TPSA) is 80.1 Å². The molecular formula is C23H38N4O4. The highest BCUT2D eigenvalue weighted by atomic mass is 16.5. The number of hydrogen-bond acceptors (Lipinski definition) is 7. The zero-order chi connectivity index (χ0) is 21.6. The molecule has 0 aliphatic carbocycles. The van der Waals surface area contributed by atoms with Crippen molar-refractivity contribution in [3.05, 3.63) is 11.5 Å². The maximum atomic E-state index is 13.0. The fourth-order valence-corrected chi connectivity index (χ4v) is 4.92. The molecule has 3 fully saturated rings. The molecule has 31 heavy (non-hydrogen) atoms. The molecular weight excluding hydrogens is 396 g/mol. The highest BCUT2D eigenvalue weighted by Gasteiger charge is 2.32. The summed E-state index contributed by atoms with van der Waals surface area (Å²) in [7, 11) is 0. The smallest absolute Gasteiger partial charge is 0.297 e. The third kappa shape index (κ3) is 5.99. The van der Waals surface area contributed by atoms with Gasteiger partial charge in [-0.1, -0.05) is 13.3 Å². The van der Waals surface area contributed by atoms with Crippen LogP contribution in [0, 0.1) is 24.7 Å². The lowest BCUT2D eigenvalue weighted by Crippen LogP contribution is -2.47. The average molecular weight is 435 g/mol. The first-order valence-electron chi connectivity index (χ1n) is 12.0. The van der Waals surface area contributed by atoms with E-state index in [1.165, 1.54) is 0 Å². The molecule has 8 heteroatoms. The van der Waals surface area contributed by atoms with E-state index >= 15 is 0 Å². The van der Waals surface area contributed by atoms with Gasteiger partial charge in [0.1, 0.15) is 5.76 Å². The largest absolute Gasteiger partial charge is 0.429 e. The second kappa shape index (κ2) is 10.8. The first kappa shape index (κ1) is 22.6. The van der Waals surface area contributed by atoms with Crippen LogP contribution in [0.5, 0.6) is 0 Å². The monoisotopic (exact) mass is 434 g/mol. The number of hydrogen-bond donors (Lipinski definition) is 1. The number of rotatable bonds is 7. The van der Waals surface area contributed by atoms with Gasteiger partial charge in [0, 0.05) is 52.5 Å². The number of anilines is 1. The third-order valence-corrected chi connectivity index (χ3v) is 7.00. The van der Waals surface area contributed by atoms with E-state index in [1.54, 1.807) is 0 Å². The SMILES string of the molecule is CC[C@H]1C[C@@H](C(=O)NCC2CCOCC2)CN(Cc2nc(N3CCOCC3)oc2C)C1. The van der Waals surface area contributed by atoms with Gasteiger partial charge < -0.3 is 24.1 Å². The zero-order valence-corrected chi connectivity index (χ0v) is 19.1. The fraction of sp³-hybridized carbons (Fsp3) is 0.826. The van der Waals surface area contributed by atoms with E-state index in [9.17, 15) is 4.79 Å². The standard InChI is InChI=1S/C23H38N4O4/c1-3-18-12-20(22(28)24-13-19-4-8-29-9-5-19)15-26(14-18)16-21-17(2)31-23(25-21)27-6-10-30-11-7-27/h18-20H,3-16H2,1-2H3,(H,24,28)/t18-,20+/m0/s1. The fourth-order valence-electron chi connectivity index (χ4n) is 4.92. The lowest BCUT2D eigenvalue weighted by Gasteiger charge is -2.37. The van der Waals surface area contributed by atoms with Crippen molar-refractivity contribution in [2.45, 2.75) is 46.1 Å². The molecule has 3 saturated heterocycles. The van der Waals surface area contributed by atoms with Crippen molar-refractivity contribution in [1.82, 2.24) is 15.2 Å².